The van der Waals surface area contributed by atoms with Crippen LogP contribution in [0.25, 0.3) is 0 Å². The lowest BCUT2D eigenvalue weighted by molar-refractivity contribution is 0.473. The quantitative estimate of drug-likeness (QED) is 0.798. The van der Waals surface area contributed by atoms with E-state index in [1.54, 1.807) is 25.1 Å². The third-order valence-electron chi connectivity index (χ3n) is 2.62. The SMILES string of the molecule is Cc1cc(Cl)cc(NS(=O)(=O)c2cccc(Br)c2)c1O. The molecular formula is C13H11BrClNO3S. The van der Waals surface area contributed by atoms with Crippen LogP contribution in [0, 0.1) is 6.92 Å². The number of anilines is 1. The molecule has 2 aromatic rings. The summed E-state index contributed by atoms with van der Waals surface area (Å²) in [6, 6.07) is 9.17. The summed E-state index contributed by atoms with van der Waals surface area (Å²) in [4.78, 5) is 0.0869. The summed E-state index contributed by atoms with van der Waals surface area (Å²) < 4.78 is 27.5. The Hall–Kier alpha value is -1.24. The molecule has 0 aromatic heterocycles. The van der Waals surface area contributed by atoms with Gasteiger partial charge in [0, 0.05) is 9.50 Å². The van der Waals surface area contributed by atoms with E-state index >= 15 is 0 Å². The summed E-state index contributed by atoms with van der Waals surface area (Å²) in [5, 5.41) is 10.2. The Kier molecular flexibility index (Phi) is 4.27. The molecular weight excluding hydrogens is 366 g/mol. The molecule has 0 aliphatic heterocycles. The Bertz CT molecular complexity index is 762. The average Bonchev–Trinajstić information content (AvgIpc) is 2.35. The van der Waals surface area contributed by atoms with Crippen LogP contribution in [-0.4, -0.2) is 13.5 Å². The summed E-state index contributed by atoms with van der Waals surface area (Å²) >= 11 is 9.08. The molecule has 2 aromatic carbocycles. The molecule has 0 aliphatic carbocycles. The van der Waals surface area contributed by atoms with Gasteiger partial charge in [-0.3, -0.25) is 4.72 Å². The standard InChI is InChI=1S/C13H11BrClNO3S/c1-8-5-10(15)7-12(13(8)17)16-20(18,19)11-4-2-3-9(14)6-11/h2-7,16-17H,1H3. The van der Waals surface area contributed by atoms with Gasteiger partial charge in [-0.25, -0.2) is 8.42 Å². The molecule has 0 amide bonds. The van der Waals surface area contributed by atoms with Crippen LogP contribution in [0.4, 0.5) is 5.69 Å². The molecule has 0 radical (unpaired) electrons. The number of rotatable bonds is 3. The first kappa shape index (κ1) is 15.2. The van der Waals surface area contributed by atoms with Crippen LogP contribution in [0.2, 0.25) is 5.02 Å². The second-order valence-electron chi connectivity index (χ2n) is 4.18. The zero-order chi connectivity index (χ0) is 14.9. The molecule has 7 heteroatoms. The van der Waals surface area contributed by atoms with Crippen molar-refractivity contribution in [3.63, 3.8) is 0 Å². The number of hydrogen-bond donors (Lipinski definition) is 2. The lowest BCUT2D eigenvalue weighted by Crippen LogP contribution is -2.13. The third kappa shape index (κ3) is 3.26. The summed E-state index contributed by atoms with van der Waals surface area (Å²) in [5.74, 6) is -0.145. The Morgan fingerprint density at radius 2 is 1.95 bits per heavy atom. The Balaban J connectivity index is 2.44. The predicted octanol–water partition coefficient (Wildman–Crippen LogP) is 3.92. The summed E-state index contributed by atoms with van der Waals surface area (Å²) in [7, 11) is -3.79. The molecule has 0 spiro atoms. The maximum absolute atomic E-state index is 12.2. The first-order valence-corrected chi connectivity index (χ1v) is 8.22. The molecule has 0 saturated carbocycles. The molecule has 0 bridgehead atoms. The van der Waals surface area contributed by atoms with Crippen LogP contribution in [0.5, 0.6) is 5.75 Å². The number of hydrogen-bond acceptors (Lipinski definition) is 3. The van der Waals surface area contributed by atoms with Gasteiger partial charge in [-0.2, -0.15) is 0 Å². The van der Waals surface area contributed by atoms with Crippen LogP contribution >= 0.6 is 27.5 Å². The van der Waals surface area contributed by atoms with Crippen molar-refractivity contribution < 1.29 is 13.5 Å². The predicted molar refractivity (Wildman–Crippen MR) is 82.8 cm³/mol. The van der Waals surface area contributed by atoms with E-state index in [9.17, 15) is 13.5 Å². The Morgan fingerprint density at radius 1 is 1.25 bits per heavy atom. The lowest BCUT2D eigenvalue weighted by atomic mass is 10.2. The van der Waals surface area contributed by atoms with E-state index in [1.807, 2.05) is 0 Å². The van der Waals surface area contributed by atoms with Crippen LogP contribution < -0.4 is 4.72 Å². The minimum Gasteiger partial charge on any atom is -0.505 e. The Labute approximate surface area is 130 Å². The first-order chi connectivity index (χ1) is 9.29. The fourth-order valence-corrected chi connectivity index (χ4v) is 3.58. The van der Waals surface area contributed by atoms with Gasteiger partial charge in [0.05, 0.1) is 10.6 Å². The molecule has 0 saturated heterocycles. The second kappa shape index (κ2) is 5.63. The van der Waals surface area contributed by atoms with Gasteiger partial charge in [-0.15, -0.1) is 0 Å². The van der Waals surface area contributed by atoms with E-state index in [-0.39, 0.29) is 16.3 Å². The molecule has 0 heterocycles. The van der Waals surface area contributed by atoms with Crippen molar-refractivity contribution in [1.82, 2.24) is 0 Å². The normalized spacial score (nSPS) is 11.3. The number of aryl methyl sites for hydroxylation is 1. The number of aromatic hydroxyl groups is 1. The van der Waals surface area contributed by atoms with Gasteiger partial charge in [0.2, 0.25) is 0 Å². The highest BCUT2D eigenvalue weighted by Crippen LogP contribution is 2.32. The van der Waals surface area contributed by atoms with Crippen molar-refractivity contribution in [3.05, 3.63) is 51.5 Å². The number of phenolic OH excluding ortho intramolecular Hbond substituents is 1. The molecule has 106 valence electrons. The number of sulfonamides is 1. The van der Waals surface area contributed by atoms with Gasteiger partial charge in [0.25, 0.3) is 10.0 Å². The highest BCUT2D eigenvalue weighted by Gasteiger charge is 2.17. The second-order valence-corrected chi connectivity index (χ2v) is 7.22. The Morgan fingerprint density at radius 3 is 2.60 bits per heavy atom. The fourth-order valence-electron chi connectivity index (χ4n) is 1.65. The minimum atomic E-state index is -3.79. The number of phenols is 1. The number of nitrogens with one attached hydrogen (secondary N) is 1. The molecule has 0 fully saturated rings. The van der Waals surface area contributed by atoms with Gasteiger partial charge in [-0.05, 0) is 42.8 Å². The molecule has 0 aliphatic rings. The maximum atomic E-state index is 12.2. The monoisotopic (exact) mass is 375 g/mol. The smallest absolute Gasteiger partial charge is 0.262 e. The molecule has 4 nitrogen and oxygen atoms in total. The number of halogens is 2. The molecule has 0 unspecified atom stereocenters. The van der Waals surface area contributed by atoms with E-state index in [0.29, 0.717) is 15.1 Å². The summed E-state index contributed by atoms with van der Waals surface area (Å²) in [6.07, 6.45) is 0. The highest BCUT2D eigenvalue weighted by atomic mass is 79.9. The van der Waals surface area contributed by atoms with Crippen molar-refractivity contribution in [3.8, 4) is 5.75 Å². The van der Waals surface area contributed by atoms with Crippen LogP contribution in [0.15, 0.2) is 45.8 Å². The summed E-state index contributed by atoms with van der Waals surface area (Å²) in [5.41, 5.74) is 0.541. The van der Waals surface area contributed by atoms with E-state index in [1.165, 1.54) is 18.2 Å². The van der Waals surface area contributed by atoms with Gasteiger partial charge >= 0.3 is 0 Å². The first-order valence-electron chi connectivity index (χ1n) is 5.57. The van der Waals surface area contributed by atoms with E-state index in [4.69, 9.17) is 11.6 Å². The van der Waals surface area contributed by atoms with Crippen molar-refractivity contribution in [2.45, 2.75) is 11.8 Å². The zero-order valence-corrected chi connectivity index (χ0v) is 13.6. The topological polar surface area (TPSA) is 66.4 Å². The van der Waals surface area contributed by atoms with Crippen LogP contribution in [0.3, 0.4) is 0 Å². The number of benzene rings is 2. The third-order valence-corrected chi connectivity index (χ3v) is 4.69. The molecule has 20 heavy (non-hydrogen) atoms. The molecule has 0 atom stereocenters. The van der Waals surface area contributed by atoms with E-state index in [0.717, 1.165) is 0 Å². The van der Waals surface area contributed by atoms with Crippen LogP contribution in [-0.2, 0) is 10.0 Å². The van der Waals surface area contributed by atoms with E-state index < -0.39 is 10.0 Å². The fraction of sp³-hybridized carbons (Fsp3) is 0.0769. The zero-order valence-electron chi connectivity index (χ0n) is 10.4. The van der Waals surface area contributed by atoms with Gasteiger partial charge < -0.3 is 5.11 Å². The highest BCUT2D eigenvalue weighted by molar-refractivity contribution is 9.10. The van der Waals surface area contributed by atoms with Crippen molar-refractivity contribution in [2.24, 2.45) is 0 Å². The lowest BCUT2D eigenvalue weighted by Gasteiger charge is -2.12. The van der Waals surface area contributed by atoms with Crippen molar-refractivity contribution >= 4 is 43.2 Å². The van der Waals surface area contributed by atoms with Crippen LogP contribution in [0.1, 0.15) is 5.56 Å². The van der Waals surface area contributed by atoms with Gasteiger partial charge in [0.1, 0.15) is 5.75 Å². The average molecular weight is 377 g/mol. The molecule has 2 N–H and O–H groups in total. The van der Waals surface area contributed by atoms with E-state index in [2.05, 4.69) is 20.7 Å². The molecule has 2 rings (SSSR count). The maximum Gasteiger partial charge on any atom is 0.262 e. The van der Waals surface area contributed by atoms with Gasteiger partial charge in [0.15, 0.2) is 0 Å². The minimum absolute atomic E-state index is 0.0509. The summed E-state index contributed by atoms with van der Waals surface area (Å²) in [6.45, 7) is 1.64. The van der Waals surface area contributed by atoms with Crippen molar-refractivity contribution in [2.75, 3.05) is 4.72 Å². The van der Waals surface area contributed by atoms with Gasteiger partial charge in [-0.1, -0.05) is 33.6 Å². The van der Waals surface area contributed by atoms with Crippen molar-refractivity contribution in [1.29, 1.82) is 0 Å². The largest absolute Gasteiger partial charge is 0.505 e.